The minimum absolute atomic E-state index is 0.117. The molecule has 1 fully saturated rings. The number of carbonyl (C=O) groups is 1. The number of H-pyrrole nitrogens is 1. The molecule has 1 aliphatic rings. The predicted octanol–water partition coefficient (Wildman–Crippen LogP) is 1.77. The standard InChI is InChI=1S/C16H24N6OS2/c1-2-5-17-14(23)11-20-6-8-21(9-7-20)12-22-16(24)18-15(19-22)13-4-3-10-25-13/h3-4,10H,2,5-9,11-12H2,1H3,(H,17,23)(H,18,19,24). The number of aromatic nitrogens is 3. The van der Waals surface area contributed by atoms with Crippen molar-refractivity contribution in [3.8, 4) is 10.7 Å². The summed E-state index contributed by atoms with van der Waals surface area (Å²) in [6.07, 6.45) is 0.970. The Morgan fingerprint density at radius 2 is 2.12 bits per heavy atom. The molecule has 3 heterocycles. The van der Waals surface area contributed by atoms with Crippen molar-refractivity contribution in [2.45, 2.75) is 20.0 Å². The molecule has 0 radical (unpaired) electrons. The van der Waals surface area contributed by atoms with Crippen molar-refractivity contribution in [1.29, 1.82) is 0 Å². The van der Waals surface area contributed by atoms with Crippen LogP contribution in [0.5, 0.6) is 0 Å². The van der Waals surface area contributed by atoms with E-state index < -0.39 is 0 Å². The quantitative estimate of drug-likeness (QED) is 0.717. The van der Waals surface area contributed by atoms with Crippen molar-refractivity contribution < 1.29 is 4.79 Å². The SMILES string of the molecule is CCCNC(=O)CN1CCN(Cn2[nH]c(-c3cccs3)nc2=S)CC1. The molecule has 25 heavy (non-hydrogen) atoms. The van der Waals surface area contributed by atoms with Crippen LogP contribution in [0, 0.1) is 4.77 Å². The smallest absolute Gasteiger partial charge is 0.234 e. The average molecular weight is 381 g/mol. The molecule has 136 valence electrons. The molecule has 0 aliphatic carbocycles. The summed E-state index contributed by atoms with van der Waals surface area (Å²) in [5.74, 6) is 0.943. The molecule has 2 N–H and O–H groups in total. The molecule has 0 bridgehead atoms. The third kappa shape index (κ3) is 4.97. The fourth-order valence-electron chi connectivity index (χ4n) is 2.79. The highest BCUT2D eigenvalue weighted by atomic mass is 32.1. The number of piperazine rings is 1. The summed E-state index contributed by atoms with van der Waals surface area (Å²) < 4.78 is 2.48. The van der Waals surface area contributed by atoms with Crippen molar-refractivity contribution in [1.82, 2.24) is 29.9 Å². The lowest BCUT2D eigenvalue weighted by Gasteiger charge is -2.34. The van der Waals surface area contributed by atoms with E-state index in [-0.39, 0.29) is 5.91 Å². The highest BCUT2D eigenvalue weighted by Crippen LogP contribution is 2.20. The van der Waals surface area contributed by atoms with Crippen molar-refractivity contribution in [2.75, 3.05) is 39.3 Å². The van der Waals surface area contributed by atoms with Gasteiger partial charge in [-0.2, -0.15) is 4.98 Å². The van der Waals surface area contributed by atoms with Gasteiger partial charge in [-0.05, 0) is 30.1 Å². The minimum Gasteiger partial charge on any atom is -0.355 e. The van der Waals surface area contributed by atoms with E-state index in [0.717, 1.165) is 49.8 Å². The lowest BCUT2D eigenvalue weighted by Crippen LogP contribution is -2.49. The summed E-state index contributed by atoms with van der Waals surface area (Å²) in [6, 6.07) is 4.04. The fraction of sp³-hybridized carbons (Fsp3) is 0.562. The third-order valence-corrected chi connectivity index (χ3v) is 5.37. The zero-order valence-corrected chi connectivity index (χ0v) is 16.0. The second-order valence-corrected chi connectivity index (χ2v) is 7.46. The van der Waals surface area contributed by atoms with Gasteiger partial charge >= 0.3 is 0 Å². The zero-order valence-electron chi connectivity index (χ0n) is 14.4. The normalized spacial score (nSPS) is 16.2. The summed E-state index contributed by atoms with van der Waals surface area (Å²) in [5.41, 5.74) is 0. The van der Waals surface area contributed by atoms with E-state index in [4.69, 9.17) is 12.2 Å². The largest absolute Gasteiger partial charge is 0.355 e. The Morgan fingerprint density at radius 3 is 2.80 bits per heavy atom. The average Bonchev–Trinajstić information content (AvgIpc) is 3.25. The highest BCUT2D eigenvalue weighted by Gasteiger charge is 2.19. The number of hydrogen-bond acceptors (Lipinski definition) is 6. The van der Waals surface area contributed by atoms with Gasteiger partial charge in [0.05, 0.1) is 18.1 Å². The third-order valence-electron chi connectivity index (χ3n) is 4.18. The van der Waals surface area contributed by atoms with Crippen molar-refractivity contribution in [3.63, 3.8) is 0 Å². The molecule has 1 aliphatic heterocycles. The van der Waals surface area contributed by atoms with Crippen LogP contribution in [0.25, 0.3) is 10.7 Å². The van der Waals surface area contributed by atoms with E-state index in [9.17, 15) is 4.79 Å². The second kappa shape index (κ2) is 8.70. The second-order valence-electron chi connectivity index (χ2n) is 6.15. The summed E-state index contributed by atoms with van der Waals surface area (Å²) >= 11 is 7.02. The predicted molar refractivity (Wildman–Crippen MR) is 102 cm³/mol. The molecule has 2 aromatic heterocycles. The van der Waals surface area contributed by atoms with Crippen molar-refractivity contribution in [2.24, 2.45) is 0 Å². The molecule has 1 amide bonds. The maximum atomic E-state index is 11.8. The van der Waals surface area contributed by atoms with Crippen LogP contribution in [0.4, 0.5) is 0 Å². The number of amides is 1. The number of rotatable bonds is 7. The Labute approximate surface area is 156 Å². The van der Waals surface area contributed by atoms with E-state index >= 15 is 0 Å². The lowest BCUT2D eigenvalue weighted by atomic mass is 10.3. The number of nitrogens with zero attached hydrogens (tertiary/aromatic N) is 4. The van der Waals surface area contributed by atoms with E-state index in [0.29, 0.717) is 18.0 Å². The number of thiophene rings is 1. The Kier molecular flexibility index (Phi) is 6.35. The van der Waals surface area contributed by atoms with Gasteiger partial charge in [-0.25, -0.2) is 4.68 Å². The molecule has 0 aromatic carbocycles. The number of nitrogens with one attached hydrogen (secondary N) is 2. The Bertz CT molecular complexity index is 730. The lowest BCUT2D eigenvalue weighted by molar-refractivity contribution is -0.122. The van der Waals surface area contributed by atoms with Crippen LogP contribution >= 0.6 is 23.6 Å². The van der Waals surface area contributed by atoms with Gasteiger partial charge in [0.1, 0.15) is 0 Å². The molecule has 2 aromatic rings. The molecule has 3 rings (SSSR count). The van der Waals surface area contributed by atoms with Crippen molar-refractivity contribution >= 4 is 29.5 Å². The Morgan fingerprint density at radius 1 is 1.36 bits per heavy atom. The molecule has 0 saturated carbocycles. The maximum Gasteiger partial charge on any atom is 0.234 e. The van der Waals surface area contributed by atoms with E-state index in [1.165, 1.54) is 0 Å². The molecule has 0 atom stereocenters. The van der Waals surface area contributed by atoms with E-state index in [1.807, 2.05) is 22.2 Å². The number of hydrogen-bond donors (Lipinski definition) is 2. The van der Waals surface area contributed by atoms with Gasteiger partial charge in [0, 0.05) is 32.7 Å². The van der Waals surface area contributed by atoms with Gasteiger partial charge in [-0.1, -0.05) is 13.0 Å². The highest BCUT2D eigenvalue weighted by molar-refractivity contribution is 7.71. The monoisotopic (exact) mass is 380 g/mol. The van der Waals surface area contributed by atoms with Crippen LogP contribution in [0.1, 0.15) is 13.3 Å². The van der Waals surface area contributed by atoms with Crippen LogP contribution in [0.15, 0.2) is 17.5 Å². The van der Waals surface area contributed by atoms with Gasteiger partial charge in [0.25, 0.3) is 0 Å². The first-order chi connectivity index (χ1) is 12.2. The molecule has 1 saturated heterocycles. The van der Waals surface area contributed by atoms with Crippen LogP contribution in [0.3, 0.4) is 0 Å². The first-order valence-corrected chi connectivity index (χ1v) is 9.86. The fourth-order valence-corrected chi connectivity index (χ4v) is 3.65. The summed E-state index contributed by atoms with van der Waals surface area (Å²) in [6.45, 7) is 7.60. The van der Waals surface area contributed by atoms with Crippen molar-refractivity contribution in [3.05, 3.63) is 22.3 Å². The number of aromatic amines is 1. The summed E-state index contributed by atoms with van der Waals surface area (Å²) in [5, 5.41) is 8.25. The van der Waals surface area contributed by atoms with Gasteiger partial charge in [0.2, 0.25) is 10.7 Å². The van der Waals surface area contributed by atoms with Gasteiger partial charge < -0.3 is 5.32 Å². The summed E-state index contributed by atoms with van der Waals surface area (Å²) in [7, 11) is 0. The Hall–Kier alpha value is -1.55. The van der Waals surface area contributed by atoms with Gasteiger partial charge in [-0.3, -0.25) is 19.7 Å². The van der Waals surface area contributed by atoms with Crippen LogP contribution in [-0.4, -0.2) is 69.7 Å². The van der Waals surface area contributed by atoms with Crippen LogP contribution < -0.4 is 5.32 Å². The molecule has 9 heteroatoms. The molecule has 0 unspecified atom stereocenters. The molecule has 7 nitrogen and oxygen atoms in total. The van der Waals surface area contributed by atoms with Crippen LogP contribution in [-0.2, 0) is 11.5 Å². The Balaban J connectivity index is 1.49. The number of carbonyl (C=O) groups excluding carboxylic acids is 1. The first kappa shape index (κ1) is 18.2. The topological polar surface area (TPSA) is 69.2 Å². The van der Waals surface area contributed by atoms with E-state index in [2.05, 4.69) is 32.1 Å². The summed E-state index contributed by atoms with van der Waals surface area (Å²) in [4.78, 5) is 21.9. The van der Waals surface area contributed by atoms with Crippen LogP contribution in [0.2, 0.25) is 0 Å². The van der Waals surface area contributed by atoms with Gasteiger partial charge in [-0.15, -0.1) is 11.3 Å². The molecular formula is C16H24N6OS2. The maximum absolute atomic E-state index is 11.8. The van der Waals surface area contributed by atoms with E-state index in [1.54, 1.807) is 11.3 Å². The van der Waals surface area contributed by atoms with Gasteiger partial charge in [0.15, 0.2) is 5.82 Å². The molecule has 0 spiro atoms. The minimum atomic E-state index is 0.117. The first-order valence-electron chi connectivity index (χ1n) is 8.58. The molecular weight excluding hydrogens is 356 g/mol. The zero-order chi connectivity index (χ0) is 17.6.